The molecule has 0 saturated heterocycles. The van der Waals surface area contributed by atoms with Crippen molar-refractivity contribution in [1.82, 2.24) is 0 Å². The summed E-state index contributed by atoms with van der Waals surface area (Å²) in [6.07, 6.45) is 0. The monoisotopic (exact) mass is 302 g/mol. The van der Waals surface area contributed by atoms with E-state index in [4.69, 9.17) is 18.9 Å². The number of carbonyl (C=O) groups is 1. The first kappa shape index (κ1) is 15.7. The molecule has 0 aliphatic carbocycles. The lowest BCUT2D eigenvalue weighted by atomic mass is 10.0. The molecule has 0 spiro atoms. The molecule has 0 aliphatic heterocycles. The van der Waals surface area contributed by atoms with E-state index in [1.165, 1.54) is 14.2 Å². The first-order chi connectivity index (χ1) is 10.6. The highest BCUT2D eigenvalue weighted by Crippen LogP contribution is 2.31. The van der Waals surface area contributed by atoms with Crippen LogP contribution in [0.1, 0.15) is 15.9 Å². The van der Waals surface area contributed by atoms with Crippen LogP contribution in [0.4, 0.5) is 0 Å². The highest BCUT2D eigenvalue weighted by atomic mass is 16.5. The van der Waals surface area contributed by atoms with Crippen LogP contribution >= 0.6 is 0 Å². The molecule has 0 aliphatic rings. The minimum atomic E-state index is -0.184. The summed E-state index contributed by atoms with van der Waals surface area (Å²) in [7, 11) is 6.14. The summed E-state index contributed by atoms with van der Waals surface area (Å²) in [5, 5.41) is 0. The second-order valence-corrected chi connectivity index (χ2v) is 4.47. The van der Waals surface area contributed by atoms with E-state index in [1.54, 1.807) is 50.6 Å². The number of ketones is 1. The minimum absolute atomic E-state index is 0.184. The standard InChI is InChI=1S/C17H18O5/c1-19-12-6-8-14(20-2)13(10-12)17(18)11-5-7-15(21-3)16(9-11)22-4/h5-10H,1-4H3. The second-order valence-electron chi connectivity index (χ2n) is 4.47. The molecular formula is C17H18O5. The lowest BCUT2D eigenvalue weighted by Gasteiger charge is -2.12. The van der Waals surface area contributed by atoms with Gasteiger partial charge in [-0.2, -0.15) is 0 Å². The molecule has 0 heterocycles. The van der Waals surface area contributed by atoms with Gasteiger partial charge < -0.3 is 18.9 Å². The predicted molar refractivity (Wildman–Crippen MR) is 82.5 cm³/mol. The molecule has 0 aromatic heterocycles. The van der Waals surface area contributed by atoms with E-state index in [1.807, 2.05) is 0 Å². The Bertz CT molecular complexity index is 679. The summed E-state index contributed by atoms with van der Waals surface area (Å²) in [5.41, 5.74) is 0.901. The van der Waals surface area contributed by atoms with Crippen molar-refractivity contribution >= 4 is 5.78 Å². The summed E-state index contributed by atoms with van der Waals surface area (Å²) >= 11 is 0. The van der Waals surface area contributed by atoms with Gasteiger partial charge in [0.25, 0.3) is 0 Å². The maximum Gasteiger partial charge on any atom is 0.197 e. The maximum atomic E-state index is 12.7. The van der Waals surface area contributed by atoms with Gasteiger partial charge in [-0.3, -0.25) is 4.79 Å². The molecule has 22 heavy (non-hydrogen) atoms. The van der Waals surface area contributed by atoms with Crippen LogP contribution < -0.4 is 18.9 Å². The van der Waals surface area contributed by atoms with Crippen molar-refractivity contribution in [3.8, 4) is 23.0 Å². The maximum absolute atomic E-state index is 12.7. The van der Waals surface area contributed by atoms with Gasteiger partial charge in [0, 0.05) is 5.56 Å². The Morgan fingerprint density at radius 3 is 1.95 bits per heavy atom. The van der Waals surface area contributed by atoms with E-state index < -0.39 is 0 Å². The van der Waals surface area contributed by atoms with Gasteiger partial charge in [-0.05, 0) is 36.4 Å². The topological polar surface area (TPSA) is 54.0 Å². The molecule has 5 nitrogen and oxygen atoms in total. The number of ether oxygens (including phenoxy) is 4. The van der Waals surface area contributed by atoms with E-state index in [9.17, 15) is 4.79 Å². The molecule has 0 radical (unpaired) electrons. The van der Waals surface area contributed by atoms with Crippen LogP contribution in [-0.2, 0) is 0 Å². The fourth-order valence-corrected chi connectivity index (χ4v) is 2.12. The number of methoxy groups -OCH3 is 4. The fraction of sp³-hybridized carbons (Fsp3) is 0.235. The molecule has 0 N–H and O–H groups in total. The van der Waals surface area contributed by atoms with Crippen LogP contribution in [0.2, 0.25) is 0 Å². The summed E-state index contributed by atoms with van der Waals surface area (Å²) < 4.78 is 20.8. The highest BCUT2D eigenvalue weighted by molar-refractivity contribution is 6.11. The van der Waals surface area contributed by atoms with Gasteiger partial charge >= 0.3 is 0 Å². The number of carbonyl (C=O) groups excluding carboxylic acids is 1. The van der Waals surface area contributed by atoms with Crippen molar-refractivity contribution in [3.05, 3.63) is 47.5 Å². The quantitative estimate of drug-likeness (QED) is 0.768. The molecule has 0 bridgehead atoms. The van der Waals surface area contributed by atoms with E-state index in [0.29, 0.717) is 34.1 Å². The van der Waals surface area contributed by atoms with Gasteiger partial charge in [-0.1, -0.05) is 0 Å². The molecule has 0 unspecified atom stereocenters. The Hall–Kier alpha value is -2.69. The number of hydrogen-bond donors (Lipinski definition) is 0. The van der Waals surface area contributed by atoms with Gasteiger partial charge in [0.1, 0.15) is 11.5 Å². The van der Waals surface area contributed by atoms with Crippen LogP contribution in [0.3, 0.4) is 0 Å². The molecule has 0 amide bonds. The zero-order valence-corrected chi connectivity index (χ0v) is 13.0. The van der Waals surface area contributed by atoms with Crippen molar-refractivity contribution in [2.45, 2.75) is 0 Å². The minimum Gasteiger partial charge on any atom is -0.497 e. The number of rotatable bonds is 6. The van der Waals surface area contributed by atoms with E-state index >= 15 is 0 Å². The van der Waals surface area contributed by atoms with Crippen LogP contribution in [-0.4, -0.2) is 34.2 Å². The zero-order chi connectivity index (χ0) is 16.1. The van der Waals surface area contributed by atoms with Gasteiger partial charge in [0.15, 0.2) is 17.3 Å². The largest absolute Gasteiger partial charge is 0.497 e. The van der Waals surface area contributed by atoms with E-state index in [2.05, 4.69) is 0 Å². The first-order valence-electron chi connectivity index (χ1n) is 6.63. The predicted octanol–water partition coefficient (Wildman–Crippen LogP) is 2.95. The normalized spacial score (nSPS) is 10.0. The summed E-state index contributed by atoms with van der Waals surface area (Å²) in [4.78, 5) is 12.7. The summed E-state index contributed by atoms with van der Waals surface area (Å²) in [6.45, 7) is 0. The third-order valence-electron chi connectivity index (χ3n) is 3.30. The molecule has 0 atom stereocenters. The Kier molecular flexibility index (Phi) is 4.88. The molecular weight excluding hydrogens is 284 g/mol. The van der Waals surface area contributed by atoms with E-state index in [0.717, 1.165) is 0 Å². The van der Waals surface area contributed by atoms with Crippen molar-refractivity contribution < 1.29 is 23.7 Å². The Labute approximate surface area is 129 Å². The Morgan fingerprint density at radius 1 is 0.727 bits per heavy atom. The molecule has 2 rings (SSSR count). The number of hydrogen-bond acceptors (Lipinski definition) is 5. The van der Waals surface area contributed by atoms with Gasteiger partial charge in [0.05, 0.1) is 34.0 Å². The summed E-state index contributed by atoms with van der Waals surface area (Å²) in [6, 6.07) is 10.1. The Morgan fingerprint density at radius 2 is 1.36 bits per heavy atom. The SMILES string of the molecule is COc1ccc(OC)c(C(=O)c2ccc(OC)c(OC)c2)c1. The lowest BCUT2D eigenvalue weighted by Crippen LogP contribution is -2.05. The molecule has 2 aromatic rings. The average Bonchev–Trinajstić information content (AvgIpc) is 2.59. The molecule has 116 valence electrons. The fourth-order valence-electron chi connectivity index (χ4n) is 2.12. The average molecular weight is 302 g/mol. The highest BCUT2D eigenvalue weighted by Gasteiger charge is 2.17. The zero-order valence-electron chi connectivity index (χ0n) is 13.0. The Balaban J connectivity index is 2.47. The summed E-state index contributed by atoms with van der Waals surface area (Å²) in [5.74, 6) is 1.95. The van der Waals surface area contributed by atoms with Crippen molar-refractivity contribution in [2.75, 3.05) is 28.4 Å². The van der Waals surface area contributed by atoms with Crippen LogP contribution in [0, 0.1) is 0 Å². The third-order valence-corrected chi connectivity index (χ3v) is 3.30. The molecule has 0 fully saturated rings. The number of benzene rings is 2. The molecule has 5 heteroatoms. The van der Waals surface area contributed by atoms with Crippen LogP contribution in [0.5, 0.6) is 23.0 Å². The van der Waals surface area contributed by atoms with Gasteiger partial charge in [-0.15, -0.1) is 0 Å². The molecule has 0 saturated carbocycles. The van der Waals surface area contributed by atoms with Gasteiger partial charge in [0.2, 0.25) is 0 Å². The first-order valence-corrected chi connectivity index (χ1v) is 6.63. The van der Waals surface area contributed by atoms with Crippen LogP contribution in [0.25, 0.3) is 0 Å². The van der Waals surface area contributed by atoms with Crippen molar-refractivity contribution in [1.29, 1.82) is 0 Å². The van der Waals surface area contributed by atoms with Gasteiger partial charge in [-0.25, -0.2) is 0 Å². The van der Waals surface area contributed by atoms with Crippen molar-refractivity contribution in [2.24, 2.45) is 0 Å². The van der Waals surface area contributed by atoms with Crippen LogP contribution in [0.15, 0.2) is 36.4 Å². The third kappa shape index (κ3) is 2.98. The van der Waals surface area contributed by atoms with Crippen molar-refractivity contribution in [3.63, 3.8) is 0 Å². The smallest absolute Gasteiger partial charge is 0.197 e. The second kappa shape index (κ2) is 6.85. The molecule has 2 aromatic carbocycles. The van der Waals surface area contributed by atoms with E-state index in [-0.39, 0.29) is 5.78 Å². The lowest BCUT2D eigenvalue weighted by molar-refractivity contribution is 0.103.